The zero-order valence-electron chi connectivity index (χ0n) is 18.8. The summed E-state index contributed by atoms with van der Waals surface area (Å²) in [6.45, 7) is 13.6. The fourth-order valence-electron chi connectivity index (χ4n) is 2.21. The Kier molecular flexibility index (Phi) is 9.13. The first-order chi connectivity index (χ1) is 14.1. The SMILES string of the molecule is CCOC(=O)C(C=NC(C)CO[Si](C)(C)C(C)(C)C)C(=O)c1cc(F)c(F)c(F)c1F. The Morgan fingerprint density at radius 3 is 2.23 bits per heavy atom. The van der Waals surface area contributed by atoms with Crippen LogP contribution in [0.1, 0.15) is 45.0 Å². The van der Waals surface area contributed by atoms with Gasteiger partial charge in [0.05, 0.1) is 24.8 Å². The molecule has 0 fully saturated rings. The molecule has 31 heavy (non-hydrogen) atoms. The molecule has 0 aliphatic heterocycles. The summed E-state index contributed by atoms with van der Waals surface area (Å²) < 4.78 is 65.1. The normalized spacial score (nSPS) is 14.5. The fraction of sp³-hybridized carbons (Fsp3) is 0.571. The number of benzene rings is 1. The molecular weight excluding hydrogens is 434 g/mol. The van der Waals surface area contributed by atoms with Crippen molar-refractivity contribution in [3.63, 3.8) is 0 Å². The van der Waals surface area contributed by atoms with E-state index in [1.807, 2.05) is 0 Å². The average Bonchev–Trinajstić information content (AvgIpc) is 2.66. The minimum Gasteiger partial charge on any atom is -0.465 e. The second kappa shape index (κ2) is 10.5. The third kappa shape index (κ3) is 6.70. The van der Waals surface area contributed by atoms with Gasteiger partial charge in [0.15, 0.2) is 43.3 Å². The minimum absolute atomic E-state index is 0.0336. The predicted molar refractivity (Wildman–Crippen MR) is 112 cm³/mol. The summed E-state index contributed by atoms with van der Waals surface area (Å²) in [5, 5.41) is -0.0336. The molecule has 0 bridgehead atoms. The van der Waals surface area contributed by atoms with E-state index in [1.54, 1.807) is 6.92 Å². The maximum atomic E-state index is 14.1. The van der Waals surface area contributed by atoms with Gasteiger partial charge in [0.25, 0.3) is 0 Å². The monoisotopic (exact) mass is 463 g/mol. The summed E-state index contributed by atoms with van der Waals surface area (Å²) >= 11 is 0. The molecule has 5 nitrogen and oxygen atoms in total. The van der Waals surface area contributed by atoms with Gasteiger partial charge >= 0.3 is 5.97 Å². The first-order valence-electron chi connectivity index (χ1n) is 9.85. The summed E-state index contributed by atoms with van der Waals surface area (Å²) in [6.07, 6.45) is 0.943. The van der Waals surface area contributed by atoms with Gasteiger partial charge in [-0.3, -0.25) is 14.6 Å². The Morgan fingerprint density at radius 2 is 1.71 bits per heavy atom. The van der Waals surface area contributed by atoms with E-state index >= 15 is 0 Å². The quantitative estimate of drug-likeness (QED) is 0.0748. The maximum Gasteiger partial charge on any atom is 0.322 e. The number of hydrogen-bond donors (Lipinski definition) is 0. The van der Waals surface area contributed by atoms with Crippen molar-refractivity contribution < 1.29 is 36.3 Å². The number of carbonyl (C=O) groups excluding carboxylic acids is 2. The molecule has 0 N–H and O–H groups in total. The zero-order valence-corrected chi connectivity index (χ0v) is 19.8. The summed E-state index contributed by atoms with van der Waals surface area (Å²) in [5.41, 5.74) is -1.11. The number of rotatable bonds is 9. The highest BCUT2D eigenvalue weighted by Crippen LogP contribution is 2.36. The van der Waals surface area contributed by atoms with Crippen LogP contribution < -0.4 is 0 Å². The van der Waals surface area contributed by atoms with Crippen LogP contribution in [0.15, 0.2) is 11.1 Å². The molecule has 2 atom stereocenters. The summed E-state index contributed by atoms with van der Waals surface area (Å²) in [5.74, 6) is -12.0. The highest BCUT2D eigenvalue weighted by atomic mass is 28.4. The largest absolute Gasteiger partial charge is 0.465 e. The lowest BCUT2D eigenvalue weighted by Gasteiger charge is -2.36. The van der Waals surface area contributed by atoms with Crippen LogP contribution in [0, 0.1) is 29.2 Å². The number of esters is 1. The van der Waals surface area contributed by atoms with Crippen molar-refractivity contribution in [1.29, 1.82) is 0 Å². The number of carbonyl (C=O) groups is 2. The molecule has 1 rings (SSSR count). The van der Waals surface area contributed by atoms with Crippen molar-refractivity contribution in [1.82, 2.24) is 0 Å². The smallest absolute Gasteiger partial charge is 0.322 e. The van der Waals surface area contributed by atoms with Crippen LogP contribution in [0.4, 0.5) is 17.6 Å². The molecule has 0 aromatic heterocycles. The number of halogens is 4. The van der Waals surface area contributed by atoms with E-state index in [0.29, 0.717) is 0 Å². The average molecular weight is 464 g/mol. The molecule has 0 saturated carbocycles. The molecule has 0 aliphatic carbocycles. The first kappa shape index (κ1) is 27.0. The van der Waals surface area contributed by atoms with Gasteiger partial charge in [-0.05, 0) is 38.0 Å². The van der Waals surface area contributed by atoms with Gasteiger partial charge in [-0.15, -0.1) is 0 Å². The Bertz CT molecular complexity index is 853. The summed E-state index contributed by atoms with van der Waals surface area (Å²) in [4.78, 5) is 29.0. The van der Waals surface area contributed by atoms with Gasteiger partial charge in [0.2, 0.25) is 0 Å². The molecule has 0 spiro atoms. The van der Waals surface area contributed by atoms with Crippen molar-refractivity contribution in [2.45, 2.75) is 58.8 Å². The van der Waals surface area contributed by atoms with Crippen molar-refractivity contribution in [3.8, 4) is 0 Å². The van der Waals surface area contributed by atoms with Crippen LogP contribution in [0.5, 0.6) is 0 Å². The first-order valence-corrected chi connectivity index (χ1v) is 12.8. The van der Waals surface area contributed by atoms with Crippen LogP contribution in [0.3, 0.4) is 0 Å². The Hall–Kier alpha value is -2.07. The minimum atomic E-state index is -2.14. The van der Waals surface area contributed by atoms with Crippen molar-refractivity contribution in [2.24, 2.45) is 10.9 Å². The highest BCUT2D eigenvalue weighted by Gasteiger charge is 2.37. The van der Waals surface area contributed by atoms with Crippen LogP contribution in [0.25, 0.3) is 0 Å². The maximum absolute atomic E-state index is 14.1. The number of aliphatic imine (C=N–C) groups is 1. The van der Waals surface area contributed by atoms with Crippen LogP contribution in [-0.2, 0) is 14.0 Å². The number of nitrogens with zero attached hydrogens (tertiary/aromatic N) is 1. The van der Waals surface area contributed by atoms with Gasteiger partial charge < -0.3 is 9.16 Å². The second-order valence-electron chi connectivity index (χ2n) is 8.66. The third-order valence-corrected chi connectivity index (χ3v) is 9.67. The number of Topliss-reactive ketones (excluding diaryl/α,β-unsaturated/α-hetero) is 1. The number of ether oxygens (including phenoxy) is 1. The van der Waals surface area contributed by atoms with Gasteiger partial charge in [0, 0.05) is 6.21 Å². The predicted octanol–water partition coefficient (Wildman–Crippen LogP) is 5.09. The van der Waals surface area contributed by atoms with Crippen molar-refractivity contribution >= 4 is 26.3 Å². The van der Waals surface area contributed by atoms with Gasteiger partial charge in [-0.2, -0.15) is 0 Å². The molecule has 10 heteroatoms. The molecule has 1 aromatic carbocycles. The zero-order chi connectivity index (χ0) is 24.1. The van der Waals surface area contributed by atoms with E-state index in [2.05, 4.69) is 38.9 Å². The van der Waals surface area contributed by atoms with Gasteiger partial charge in [0.1, 0.15) is 0 Å². The van der Waals surface area contributed by atoms with Crippen LogP contribution >= 0.6 is 0 Å². The van der Waals surface area contributed by atoms with E-state index in [1.165, 1.54) is 6.92 Å². The number of hydrogen-bond acceptors (Lipinski definition) is 5. The van der Waals surface area contributed by atoms with E-state index in [4.69, 9.17) is 9.16 Å². The Labute approximate surface area is 181 Å². The molecule has 0 saturated heterocycles. The lowest BCUT2D eigenvalue weighted by atomic mass is 9.97. The Balaban J connectivity index is 3.13. The van der Waals surface area contributed by atoms with E-state index in [-0.39, 0.29) is 24.3 Å². The van der Waals surface area contributed by atoms with Crippen LogP contribution in [-0.4, -0.2) is 45.5 Å². The standard InChI is InChI=1S/C21H29F4NO4Si/c1-8-29-20(28)14(10-26-12(2)11-30-31(6,7)21(3,4)5)19(27)13-9-15(22)17(24)18(25)16(13)23/h9-10,12,14H,8,11H2,1-7H3. The molecular formula is C21H29F4NO4Si. The van der Waals surface area contributed by atoms with Crippen molar-refractivity contribution in [2.75, 3.05) is 13.2 Å². The van der Waals surface area contributed by atoms with Gasteiger partial charge in [-0.25, -0.2) is 17.6 Å². The number of ketones is 1. The second-order valence-corrected chi connectivity index (χ2v) is 13.5. The molecule has 0 amide bonds. The summed E-state index contributed by atoms with van der Waals surface area (Å²) in [6, 6.07) is -0.259. The molecule has 2 unspecified atom stereocenters. The van der Waals surface area contributed by atoms with Crippen molar-refractivity contribution in [3.05, 3.63) is 34.9 Å². The third-order valence-electron chi connectivity index (χ3n) is 5.17. The molecule has 0 radical (unpaired) electrons. The highest BCUT2D eigenvalue weighted by molar-refractivity contribution is 6.74. The molecule has 0 aliphatic rings. The van der Waals surface area contributed by atoms with E-state index in [9.17, 15) is 27.2 Å². The molecule has 174 valence electrons. The van der Waals surface area contributed by atoms with E-state index in [0.717, 1.165) is 6.21 Å². The topological polar surface area (TPSA) is 65.0 Å². The van der Waals surface area contributed by atoms with Gasteiger partial charge in [-0.1, -0.05) is 20.8 Å². The lowest BCUT2D eigenvalue weighted by molar-refractivity contribution is -0.144. The van der Waals surface area contributed by atoms with E-state index < -0.39 is 60.9 Å². The Morgan fingerprint density at radius 1 is 1.13 bits per heavy atom. The molecule has 0 heterocycles. The fourth-order valence-corrected chi connectivity index (χ4v) is 3.30. The van der Waals surface area contributed by atoms with Crippen LogP contribution in [0.2, 0.25) is 18.1 Å². The lowest BCUT2D eigenvalue weighted by Crippen LogP contribution is -2.42. The summed E-state index contributed by atoms with van der Waals surface area (Å²) in [7, 11) is -2.06. The molecule has 1 aromatic rings.